The van der Waals surface area contributed by atoms with Crippen molar-refractivity contribution in [1.29, 1.82) is 0 Å². The quantitative estimate of drug-likeness (QED) is 0.837. The number of thiocarbonyl (C=S) groups is 1. The van der Waals surface area contributed by atoms with Crippen LogP contribution in [0.3, 0.4) is 0 Å². The van der Waals surface area contributed by atoms with Gasteiger partial charge in [0.2, 0.25) is 0 Å². The van der Waals surface area contributed by atoms with Gasteiger partial charge < -0.3 is 14.6 Å². The van der Waals surface area contributed by atoms with Crippen LogP contribution in [0.4, 0.5) is 0 Å². The van der Waals surface area contributed by atoms with Gasteiger partial charge in [-0.15, -0.1) is 0 Å². The molecule has 1 unspecified atom stereocenters. The molecule has 0 amide bonds. The molecule has 1 aliphatic rings. The smallest absolute Gasteiger partial charge is 0.169 e. The molecule has 1 aromatic heterocycles. The Hall–Kier alpha value is -1.03. The maximum atomic E-state index is 5.46. The lowest BCUT2D eigenvalue weighted by Gasteiger charge is -2.37. The molecule has 1 atom stereocenters. The summed E-state index contributed by atoms with van der Waals surface area (Å²) in [5.41, 5.74) is 0. The Kier molecular flexibility index (Phi) is 4.42. The Morgan fingerprint density at radius 2 is 2.47 bits per heavy atom. The van der Waals surface area contributed by atoms with Crippen LogP contribution in [0.25, 0.3) is 0 Å². The number of hydrogen-bond donors (Lipinski definition) is 1. The third kappa shape index (κ3) is 3.22. The van der Waals surface area contributed by atoms with Crippen molar-refractivity contribution in [3.05, 3.63) is 24.2 Å². The predicted molar refractivity (Wildman–Crippen MR) is 72.8 cm³/mol. The molecular formula is C13H20N2OS. The van der Waals surface area contributed by atoms with Crippen molar-refractivity contribution >= 4 is 17.3 Å². The number of nitrogens with one attached hydrogen (secondary N) is 1. The summed E-state index contributed by atoms with van der Waals surface area (Å²) in [7, 11) is 0. The molecule has 1 aromatic rings. The number of rotatable bonds is 3. The molecule has 0 bridgehead atoms. The number of piperidine rings is 1. The van der Waals surface area contributed by atoms with Gasteiger partial charge in [-0.1, -0.05) is 6.92 Å². The van der Waals surface area contributed by atoms with Crippen LogP contribution in [0, 0.1) is 0 Å². The normalized spacial score (nSPS) is 20.3. The van der Waals surface area contributed by atoms with Crippen molar-refractivity contribution in [2.75, 3.05) is 6.54 Å². The van der Waals surface area contributed by atoms with Gasteiger partial charge in [0, 0.05) is 12.6 Å². The van der Waals surface area contributed by atoms with E-state index in [2.05, 4.69) is 17.1 Å². The maximum Gasteiger partial charge on any atom is 0.169 e. The van der Waals surface area contributed by atoms with Crippen LogP contribution in [0.15, 0.2) is 22.8 Å². The largest absolute Gasteiger partial charge is 0.467 e. The Morgan fingerprint density at radius 3 is 3.18 bits per heavy atom. The number of hydrogen-bond acceptors (Lipinski definition) is 2. The zero-order valence-corrected chi connectivity index (χ0v) is 11.1. The average molecular weight is 252 g/mol. The van der Waals surface area contributed by atoms with Gasteiger partial charge in [-0.05, 0) is 50.0 Å². The second kappa shape index (κ2) is 6.05. The fourth-order valence-electron chi connectivity index (χ4n) is 2.37. The molecule has 2 rings (SSSR count). The minimum absolute atomic E-state index is 0.611. The molecule has 0 aromatic carbocycles. The van der Waals surface area contributed by atoms with Crippen molar-refractivity contribution in [2.24, 2.45) is 0 Å². The van der Waals surface area contributed by atoms with Crippen molar-refractivity contribution in [2.45, 2.75) is 45.2 Å². The highest BCUT2D eigenvalue weighted by atomic mass is 32.1. The second-order valence-electron chi connectivity index (χ2n) is 4.49. The fraction of sp³-hybridized carbons (Fsp3) is 0.615. The van der Waals surface area contributed by atoms with Gasteiger partial charge in [0.05, 0.1) is 12.8 Å². The second-order valence-corrected chi connectivity index (χ2v) is 4.88. The molecule has 0 saturated carbocycles. The van der Waals surface area contributed by atoms with Crippen molar-refractivity contribution in [1.82, 2.24) is 10.2 Å². The van der Waals surface area contributed by atoms with Gasteiger partial charge in [0.15, 0.2) is 5.11 Å². The van der Waals surface area contributed by atoms with E-state index in [4.69, 9.17) is 16.6 Å². The van der Waals surface area contributed by atoms with Crippen LogP contribution in [-0.4, -0.2) is 22.6 Å². The minimum atomic E-state index is 0.611. The molecule has 17 heavy (non-hydrogen) atoms. The van der Waals surface area contributed by atoms with Crippen LogP contribution in [0.2, 0.25) is 0 Å². The van der Waals surface area contributed by atoms with Gasteiger partial charge >= 0.3 is 0 Å². The first-order chi connectivity index (χ1) is 8.31. The van der Waals surface area contributed by atoms with Crippen molar-refractivity contribution < 1.29 is 4.42 Å². The molecule has 1 fully saturated rings. The summed E-state index contributed by atoms with van der Waals surface area (Å²) in [6, 6.07) is 4.47. The van der Waals surface area contributed by atoms with Crippen LogP contribution < -0.4 is 5.32 Å². The molecule has 2 heterocycles. The van der Waals surface area contributed by atoms with Gasteiger partial charge in [-0.3, -0.25) is 0 Å². The summed E-state index contributed by atoms with van der Waals surface area (Å²) in [5.74, 6) is 0.928. The van der Waals surface area contributed by atoms with E-state index >= 15 is 0 Å². The first-order valence-corrected chi connectivity index (χ1v) is 6.79. The van der Waals surface area contributed by atoms with E-state index in [1.54, 1.807) is 6.26 Å². The molecule has 94 valence electrons. The third-order valence-corrected chi connectivity index (χ3v) is 3.73. The third-order valence-electron chi connectivity index (χ3n) is 3.35. The minimum Gasteiger partial charge on any atom is -0.467 e. The fourth-order valence-corrected chi connectivity index (χ4v) is 2.68. The molecule has 1 N–H and O–H groups in total. The summed E-state index contributed by atoms with van der Waals surface area (Å²) in [6.45, 7) is 4.00. The van der Waals surface area contributed by atoms with Crippen molar-refractivity contribution in [3.8, 4) is 0 Å². The van der Waals surface area contributed by atoms with Gasteiger partial charge in [-0.2, -0.15) is 0 Å². The van der Waals surface area contributed by atoms with E-state index in [0.29, 0.717) is 12.6 Å². The first kappa shape index (κ1) is 12.4. The molecular weight excluding hydrogens is 232 g/mol. The topological polar surface area (TPSA) is 28.4 Å². The van der Waals surface area contributed by atoms with Crippen LogP contribution in [0.1, 0.15) is 38.4 Å². The first-order valence-electron chi connectivity index (χ1n) is 6.38. The average Bonchev–Trinajstić information content (AvgIpc) is 2.89. The molecule has 0 radical (unpaired) electrons. The highest BCUT2D eigenvalue weighted by Crippen LogP contribution is 2.19. The van der Waals surface area contributed by atoms with Gasteiger partial charge in [0.25, 0.3) is 0 Å². The molecule has 3 nitrogen and oxygen atoms in total. The summed E-state index contributed by atoms with van der Waals surface area (Å²) < 4.78 is 5.28. The lowest BCUT2D eigenvalue weighted by Crippen LogP contribution is -2.48. The van der Waals surface area contributed by atoms with Crippen LogP contribution in [0.5, 0.6) is 0 Å². The Morgan fingerprint density at radius 1 is 1.59 bits per heavy atom. The summed E-state index contributed by atoms with van der Waals surface area (Å²) in [4.78, 5) is 2.34. The predicted octanol–water partition coefficient (Wildman–Crippen LogP) is 2.92. The highest BCUT2D eigenvalue weighted by molar-refractivity contribution is 7.80. The summed E-state index contributed by atoms with van der Waals surface area (Å²) in [5, 5.41) is 4.15. The Balaban J connectivity index is 1.85. The molecule has 0 aliphatic carbocycles. The lowest BCUT2D eigenvalue weighted by molar-refractivity contribution is 0.232. The number of furan rings is 1. The van der Waals surface area contributed by atoms with E-state index < -0.39 is 0 Å². The van der Waals surface area contributed by atoms with Gasteiger partial charge in [-0.25, -0.2) is 0 Å². The van der Waals surface area contributed by atoms with E-state index in [0.717, 1.165) is 17.4 Å². The SMILES string of the molecule is CCC1CCCCN1C(=S)NCc1ccco1. The Bertz CT molecular complexity index is 350. The zero-order chi connectivity index (χ0) is 12.1. The molecule has 1 aliphatic heterocycles. The van der Waals surface area contributed by atoms with Crippen molar-refractivity contribution in [3.63, 3.8) is 0 Å². The highest BCUT2D eigenvalue weighted by Gasteiger charge is 2.22. The standard InChI is InChI=1S/C13H20N2OS/c1-2-11-6-3-4-8-15(11)13(17)14-10-12-7-5-9-16-12/h5,7,9,11H,2-4,6,8,10H2,1H3,(H,14,17). The molecule has 1 saturated heterocycles. The van der Waals surface area contributed by atoms with E-state index in [-0.39, 0.29) is 0 Å². The van der Waals surface area contributed by atoms with Crippen LogP contribution >= 0.6 is 12.2 Å². The summed E-state index contributed by atoms with van der Waals surface area (Å²) in [6.07, 6.45) is 6.70. The number of likely N-dealkylation sites (tertiary alicyclic amines) is 1. The van der Waals surface area contributed by atoms with E-state index in [9.17, 15) is 0 Å². The maximum absolute atomic E-state index is 5.46. The molecule has 4 heteroatoms. The van der Waals surface area contributed by atoms with E-state index in [1.807, 2.05) is 12.1 Å². The van der Waals surface area contributed by atoms with Gasteiger partial charge in [0.1, 0.15) is 5.76 Å². The van der Waals surface area contributed by atoms with Crippen LogP contribution in [-0.2, 0) is 6.54 Å². The van der Waals surface area contributed by atoms with E-state index in [1.165, 1.54) is 25.7 Å². The zero-order valence-electron chi connectivity index (χ0n) is 10.3. The Labute approximate surface area is 108 Å². The number of nitrogens with zero attached hydrogens (tertiary/aromatic N) is 1. The summed E-state index contributed by atoms with van der Waals surface area (Å²) >= 11 is 5.46. The lowest BCUT2D eigenvalue weighted by atomic mass is 10.0. The molecule has 0 spiro atoms. The monoisotopic (exact) mass is 252 g/mol.